The summed E-state index contributed by atoms with van der Waals surface area (Å²) in [5.74, 6) is 4.26. The number of para-hydroxylation sites is 11. The Morgan fingerprint density at radius 2 is 0.853 bits per heavy atom. The molecule has 22 rings (SSSR count). The average Bonchev–Trinajstić information content (AvgIpc) is 1.54. The van der Waals surface area contributed by atoms with Gasteiger partial charge in [-0.05, 0) is 131 Å². The Morgan fingerprint density at radius 3 is 1.44 bits per heavy atom. The molecule has 0 aliphatic carbocycles. The largest absolute Gasteiger partial charge is 0.512 e. The van der Waals surface area contributed by atoms with Gasteiger partial charge in [-0.2, -0.15) is 13.5 Å². The van der Waals surface area contributed by atoms with Crippen molar-refractivity contribution < 1.29 is 73.7 Å². The number of carbonyl (C=O) groups excluding carboxylic acids is 2. The van der Waals surface area contributed by atoms with E-state index in [1.54, 1.807) is 0 Å². The molecule has 0 saturated carbocycles. The first-order valence-electron chi connectivity index (χ1n) is 37.9. The number of imidazole rings is 5. The van der Waals surface area contributed by atoms with E-state index in [1.165, 1.54) is 140 Å². The second-order valence-electron chi connectivity index (χ2n) is 27.8. The molecule has 6 aromatic heterocycles. The van der Waals surface area contributed by atoms with Gasteiger partial charge >= 0.3 is 0 Å². The first-order chi connectivity index (χ1) is 55.9. The van der Waals surface area contributed by atoms with E-state index in [2.05, 4.69) is 290 Å². The molecule has 13 aromatic carbocycles. The molecule has 0 unspecified atom stereocenters. The molecular formula is C100H81Ir2N10O4+. The summed E-state index contributed by atoms with van der Waals surface area (Å²) < 4.78 is 18.5. The van der Waals surface area contributed by atoms with E-state index in [-0.39, 0.29) is 63.3 Å². The van der Waals surface area contributed by atoms with Crippen LogP contribution in [-0.2, 0) is 69.4 Å². The minimum atomic E-state index is -0.125. The van der Waals surface area contributed by atoms with Crippen molar-refractivity contribution in [2.75, 3.05) is 0 Å². The number of ketones is 2. The van der Waals surface area contributed by atoms with Gasteiger partial charge in [0.1, 0.15) is 48.9 Å². The molecule has 19 aromatic rings. The molecule has 16 heteroatoms. The summed E-state index contributed by atoms with van der Waals surface area (Å²) in [4.78, 5) is 29.2. The maximum absolute atomic E-state index is 10.0. The van der Waals surface area contributed by atoms with E-state index in [0.717, 1.165) is 64.8 Å². The molecule has 572 valence electrons. The number of rotatable bonds is 8. The topological polar surface area (TPSA) is 136 Å². The van der Waals surface area contributed by atoms with Crippen LogP contribution in [0.4, 0.5) is 0 Å². The summed E-state index contributed by atoms with van der Waals surface area (Å²) in [6.07, 6.45) is 10.4. The molecule has 0 saturated heterocycles. The van der Waals surface area contributed by atoms with Gasteiger partial charge in [-0.3, -0.25) is 19.6 Å². The normalized spacial score (nSPS) is 11.6. The van der Waals surface area contributed by atoms with Crippen LogP contribution in [0.2, 0.25) is 0 Å². The Bertz CT molecular complexity index is 6660. The smallest absolute Gasteiger partial charge is 0.296 e. The van der Waals surface area contributed by atoms with Crippen molar-refractivity contribution in [1.82, 2.24) is 32.6 Å². The van der Waals surface area contributed by atoms with Crippen LogP contribution in [0.1, 0.15) is 44.4 Å². The Balaban J connectivity index is 0.000000115. The van der Waals surface area contributed by atoms with E-state index in [9.17, 15) is 9.59 Å². The van der Waals surface area contributed by atoms with Crippen LogP contribution in [0.5, 0.6) is 0 Å². The number of aromatic nitrogens is 10. The van der Waals surface area contributed by atoms with Gasteiger partial charge in [0.25, 0.3) is 17.3 Å². The molecule has 0 bridgehead atoms. The third-order valence-corrected chi connectivity index (χ3v) is 20.0. The molecule has 0 atom stereocenters. The van der Waals surface area contributed by atoms with Crippen LogP contribution in [0.25, 0.3) is 129 Å². The van der Waals surface area contributed by atoms with E-state index < -0.39 is 0 Å². The fourth-order valence-electron chi connectivity index (χ4n) is 15.4. The Morgan fingerprint density at radius 1 is 0.397 bits per heavy atom. The summed E-state index contributed by atoms with van der Waals surface area (Å²) in [5, 5.41) is 20.8. The molecule has 0 amide bonds. The van der Waals surface area contributed by atoms with E-state index in [4.69, 9.17) is 15.2 Å². The summed E-state index contributed by atoms with van der Waals surface area (Å²) in [5.41, 5.74) is 23.4. The van der Waals surface area contributed by atoms with Crippen LogP contribution < -0.4 is 13.7 Å². The summed E-state index contributed by atoms with van der Waals surface area (Å²) in [6.45, 7) is 8.60. The molecule has 2 radical (unpaired) electrons. The zero-order valence-corrected chi connectivity index (χ0v) is 69.0. The maximum Gasteiger partial charge on any atom is 0.296 e. The van der Waals surface area contributed by atoms with Crippen LogP contribution >= 0.6 is 0 Å². The summed E-state index contributed by atoms with van der Waals surface area (Å²) >= 11 is 0. The van der Waals surface area contributed by atoms with Crippen molar-refractivity contribution in [1.29, 1.82) is 0 Å². The summed E-state index contributed by atoms with van der Waals surface area (Å²) in [6, 6.07) is 122. The third-order valence-electron chi connectivity index (χ3n) is 20.0. The summed E-state index contributed by atoms with van der Waals surface area (Å²) in [7, 11) is 0. The van der Waals surface area contributed by atoms with E-state index >= 15 is 0 Å². The van der Waals surface area contributed by atoms with Gasteiger partial charge in [0.2, 0.25) is 0 Å². The van der Waals surface area contributed by atoms with Crippen LogP contribution in [0.15, 0.2) is 382 Å². The number of benzene rings is 13. The van der Waals surface area contributed by atoms with Gasteiger partial charge in [-0.15, -0.1) is 71.8 Å². The number of pyridine rings is 1. The first-order valence-corrected chi connectivity index (χ1v) is 37.9. The molecule has 0 spiro atoms. The SMILES string of the molecule is CC(=O)C=C(C)O.CC(=O)C=C(C)O.[Ir].[Ir].[c-]1ccccc1-c1nc2ccccc2n1-c1ccccc1.[c-]1ccccc1-c1nccn1-c1ccccc1.c1cc2c3c(c1)c1ccccc1n1c4ccccc4[n+](c31)C2.c1ccc(-n2c3[n+](c4ccccc42)Cc2ccccc2-3)cc1.c1ccc(-n2cc[n+]3c2-c2ccccc2C3)cc1. The third kappa shape index (κ3) is 16.5. The zero-order valence-electron chi connectivity index (χ0n) is 64.2. The maximum atomic E-state index is 10.0. The van der Waals surface area contributed by atoms with Crippen molar-refractivity contribution in [2.45, 2.75) is 47.3 Å². The van der Waals surface area contributed by atoms with Gasteiger partial charge in [0, 0.05) is 104 Å². The second kappa shape index (κ2) is 36.0. The number of fused-ring (bicyclic) bond motifs is 15. The average molecular weight is 1870 g/mol. The molecule has 116 heavy (non-hydrogen) atoms. The van der Waals surface area contributed by atoms with Crippen LogP contribution in [-0.4, -0.2) is 54.4 Å². The fourth-order valence-corrected chi connectivity index (χ4v) is 15.4. The van der Waals surface area contributed by atoms with Gasteiger partial charge in [0.15, 0.2) is 33.6 Å². The number of hydrogen-bond acceptors (Lipinski definition) is 6. The molecule has 0 fully saturated rings. The van der Waals surface area contributed by atoms with E-state index in [0.29, 0.717) is 0 Å². The van der Waals surface area contributed by atoms with Gasteiger partial charge in [0.05, 0.1) is 50.7 Å². The Kier molecular flexibility index (Phi) is 24.6. The minimum absolute atomic E-state index is 0. The van der Waals surface area contributed by atoms with Crippen molar-refractivity contribution in [2.24, 2.45) is 0 Å². The predicted molar refractivity (Wildman–Crippen MR) is 455 cm³/mol. The number of carbonyl (C=O) groups is 2. The molecular weight excluding hydrogens is 1790 g/mol. The predicted octanol–water partition coefficient (Wildman–Crippen LogP) is 20.7. The van der Waals surface area contributed by atoms with Gasteiger partial charge in [-0.25, -0.2) is 13.7 Å². The Labute approximate surface area is 699 Å². The number of nitrogens with zero attached hydrogens (tertiary/aromatic N) is 10. The quantitative estimate of drug-likeness (QED) is 0.0511. The molecule has 2 N–H and O–H groups in total. The molecule has 14 nitrogen and oxygen atoms in total. The second-order valence-corrected chi connectivity index (χ2v) is 27.8. The van der Waals surface area contributed by atoms with Gasteiger partial charge < -0.3 is 19.3 Å². The van der Waals surface area contributed by atoms with Crippen molar-refractivity contribution in [3.8, 4) is 68.3 Å². The first kappa shape index (κ1) is 79.1. The van der Waals surface area contributed by atoms with Crippen LogP contribution in [0.3, 0.4) is 0 Å². The zero-order chi connectivity index (χ0) is 78.0. The Hall–Kier alpha value is -13.6. The van der Waals surface area contributed by atoms with Crippen LogP contribution in [0, 0.1) is 12.1 Å². The number of aliphatic hydroxyl groups excluding tert-OH is 2. The monoisotopic (exact) mass is 1870 g/mol. The standard InChI is InChI=1S/C20H13N2.C20H15N2.C19H13N2.C16H13N2.C15H11N2.2C5H8O2.2Ir/c1-2-9-16-14(7-1)15-8-5-6-13-12-21-17-10-3-4-11-18(17)22(16)20(21)19(13)15;1-2-9-16(10-3-1)22-19-13-7-6-12-18(19)21-14-15-8-4-5-11-17(15)20(21)22;1-3-9-15(10-4-1)19-20-17-13-7-8-14-18(17)21(19)16-11-5-2-6-12-16;1-2-7-14(8-3-1)18-11-10-17-12-13-6-4-5-9-15(13)16(17)18;1-3-7-13(8-4-1)15-16-11-12-17(15)14-9-5-2-6-10-14;2*1-4(6)3-5(2)7;;/h1-11H,12H2;1-13H,14H2;1-9,11-14H;1-11H,12H2;1-7,9-12H;2*3,6H,1-2H3;;/q2*+1;-1;+1;-1;;;;. The van der Waals surface area contributed by atoms with Crippen molar-refractivity contribution in [3.63, 3.8) is 0 Å². The van der Waals surface area contributed by atoms with Crippen molar-refractivity contribution in [3.05, 3.63) is 411 Å². The van der Waals surface area contributed by atoms with Crippen molar-refractivity contribution >= 4 is 72.0 Å². The fraction of sp³-hybridized carbons (Fsp3) is 0.0700. The number of hydrogen-bond donors (Lipinski definition) is 2. The molecule has 3 aliphatic heterocycles. The minimum Gasteiger partial charge on any atom is -0.512 e. The number of allylic oxidation sites excluding steroid dienone is 4. The molecule has 9 heterocycles. The molecule has 3 aliphatic rings. The van der Waals surface area contributed by atoms with E-state index in [1.807, 2.05) is 122 Å². The number of aliphatic hydroxyl groups is 2. The van der Waals surface area contributed by atoms with Gasteiger partial charge in [-0.1, -0.05) is 182 Å².